The number of aromatic nitrogens is 2. The second-order valence-electron chi connectivity index (χ2n) is 4.97. The smallest absolute Gasteiger partial charge is 0.224 e. The van der Waals surface area contributed by atoms with Crippen molar-refractivity contribution in [3.8, 4) is 0 Å². The minimum atomic E-state index is 0.186. The number of fused-ring (bicyclic) bond motifs is 2. The van der Waals surface area contributed by atoms with Gasteiger partial charge in [0.1, 0.15) is 5.82 Å². The van der Waals surface area contributed by atoms with Gasteiger partial charge in [-0.1, -0.05) is 0 Å². The largest absolute Gasteiger partial charge is 0.355 e. The van der Waals surface area contributed by atoms with Gasteiger partial charge in [-0.2, -0.15) is 0 Å². The van der Waals surface area contributed by atoms with Crippen LogP contribution in [0.5, 0.6) is 0 Å². The Hall–Kier alpha value is -1.36. The van der Waals surface area contributed by atoms with Crippen molar-refractivity contribution in [3.05, 3.63) is 18.2 Å². The fourth-order valence-electron chi connectivity index (χ4n) is 2.98. The summed E-state index contributed by atoms with van der Waals surface area (Å²) in [6.07, 6.45) is 7.71. The minimum Gasteiger partial charge on any atom is -0.355 e. The van der Waals surface area contributed by atoms with Gasteiger partial charge in [0.15, 0.2) is 0 Å². The van der Waals surface area contributed by atoms with Crippen LogP contribution in [-0.4, -0.2) is 34.5 Å². The van der Waals surface area contributed by atoms with Crippen molar-refractivity contribution in [2.45, 2.75) is 37.8 Å². The molecular weight excluding hydrogens is 216 g/mol. The Bertz CT molecular complexity index is 389. The van der Waals surface area contributed by atoms with Crippen LogP contribution in [0.2, 0.25) is 0 Å². The predicted molar refractivity (Wildman–Crippen MR) is 63.4 cm³/mol. The molecule has 17 heavy (non-hydrogen) atoms. The zero-order valence-corrected chi connectivity index (χ0v) is 9.78. The number of carbonyl (C=O) groups excluding carboxylic acids is 1. The molecule has 0 spiro atoms. The van der Waals surface area contributed by atoms with Gasteiger partial charge < -0.3 is 15.6 Å². The van der Waals surface area contributed by atoms with Crippen molar-refractivity contribution in [3.63, 3.8) is 0 Å². The van der Waals surface area contributed by atoms with Crippen molar-refractivity contribution >= 4 is 5.91 Å². The van der Waals surface area contributed by atoms with E-state index in [2.05, 4.69) is 20.6 Å². The highest BCUT2D eigenvalue weighted by molar-refractivity contribution is 5.80. The average Bonchev–Trinajstić information content (AvgIpc) is 3.05. The molecule has 2 aliphatic rings. The topological polar surface area (TPSA) is 69.8 Å². The van der Waals surface area contributed by atoms with Crippen LogP contribution in [0.3, 0.4) is 0 Å². The molecule has 0 aliphatic carbocycles. The van der Waals surface area contributed by atoms with Gasteiger partial charge in [-0.05, 0) is 19.3 Å². The fraction of sp³-hybridized carbons (Fsp3) is 0.667. The molecule has 1 aromatic heterocycles. The highest BCUT2D eigenvalue weighted by Gasteiger charge is 2.42. The summed E-state index contributed by atoms with van der Waals surface area (Å²) in [5, 5.41) is 6.49. The Kier molecular flexibility index (Phi) is 2.84. The van der Waals surface area contributed by atoms with E-state index in [0.29, 0.717) is 18.6 Å². The van der Waals surface area contributed by atoms with Gasteiger partial charge in [0.2, 0.25) is 5.91 Å². The van der Waals surface area contributed by atoms with E-state index >= 15 is 0 Å². The Labute approximate surface area is 100 Å². The van der Waals surface area contributed by atoms with E-state index < -0.39 is 0 Å². The van der Waals surface area contributed by atoms with Gasteiger partial charge in [0, 0.05) is 37.4 Å². The maximum atomic E-state index is 12.0. The minimum absolute atomic E-state index is 0.186. The van der Waals surface area contributed by atoms with Crippen LogP contribution < -0.4 is 10.6 Å². The Morgan fingerprint density at radius 2 is 2.47 bits per heavy atom. The number of imidazole rings is 1. The third kappa shape index (κ3) is 2.20. The van der Waals surface area contributed by atoms with Crippen LogP contribution in [0.25, 0.3) is 0 Å². The SMILES string of the molecule is O=C(NCCc1ncc[nH]1)C1CC2CCC1N2. The van der Waals surface area contributed by atoms with Crippen LogP contribution in [0.1, 0.15) is 25.1 Å². The van der Waals surface area contributed by atoms with Crippen molar-refractivity contribution in [1.82, 2.24) is 20.6 Å². The standard InChI is InChI=1S/C12H18N4O/c17-12(9-7-8-1-2-10(9)16-8)15-4-3-11-13-5-6-14-11/h5-6,8-10,16H,1-4,7H2,(H,13,14)(H,15,17). The molecule has 1 amide bonds. The first-order valence-corrected chi connectivity index (χ1v) is 6.35. The zero-order chi connectivity index (χ0) is 11.7. The highest BCUT2D eigenvalue weighted by atomic mass is 16.1. The molecule has 3 heterocycles. The number of aromatic amines is 1. The molecule has 2 saturated heterocycles. The number of carbonyl (C=O) groups is 1. The Balaban J connectivity index is 1.45. The number of nitrogens with zero attached hydrogens (tertiary/aromatic N) is 1. The average molecular weight is 234 g/mol. The molecule has 3 rings (SSSR count). The van der Waals surface area contributed by atoms with E-state index in [-0.39, 0.29) is 11.8 Å². The summed E-state index contributed by atoms with van der Waals surface area (Å²) in [4.78, 5) is 19.1. The zero-order valence-electron chi connectivity index (χ0n) is 9.78. The van der Waals surface area contributed by atoms with E-state index in [0.717, 1.165) is 25.1 Å². The van der Waals surface area contributed by atoms with Crippen molar-refractivity contribution in [2.24, 2.45) is 5.92 Å². The second-order valence-corrected chi connectivity index (χ2v) is 4.97. The number of hydrogen-bond acceptors (Lipinski definition) is 3. The maximum absolute atomic E-state index is 12.0. The molecule has 2 bridgehead atoms. The molecule has 3 N–H and O–H groups in total. The van der Waals surface area contributed by atoms with E-state index in [9.17, 15) is 4.79 Å². The molecule has 0 radical (unpaired) electrons. The van der Waals surface area contributed by atoms with Crippen LogP contribution in [0.15, 0.2) is 12.4 Å². The lowest BCUT2D eigenvalue weighted by Gasteiger charge is -2.19. The van der Waals surface area contributed by atoms with Gasteiger partial charge in [-0.25, -0.2) is 4.98 Å². The molecule has 1 aromatic rings. The first-order chi connectivity index (χ1) is 8.33. The summed E-state index contributed by atoms with van der Waals surface area (Å²) in [6.45, 7) is 0.667. The molecule has 0 saturated carbocycles. The number of rotatable bonds is 4. The molecular formula is C12H18N4O. The Morgan fingerprint density at radius 3 is 3.12 bits per heavy atom. The van der Waals surface area contributed by atoms with E-state index in [1.807, 2.05) is 0 Å². The van der Waals surface area contributed by atoms with Crippen LogP contribution in [0.4, 0.5) is 0 Å². The highest BCUT2D eigenvalue weighted by Crippen LogP contribution is 2.33. The summed E-state index contributed by atoms with van der Waals surface area (Å²) in [7, 11) is 0. The summed E-state index contributed by atoms with van der Waals surface area (Å²) in [5.41, 5.74) is 0. The lowest BCUT2D eigenvalue weighted by atomic mass is 9.88. The van der Waals surface area contributed by atoms with Gasteiger partial charge >= 0.3 is 0 Å². The second kappa shape index (κ2) is 4.49. The van der Waals surface area contributed by atoms with Crippen molar-refractivity contribution < 1.29 is 4.79 Å². The Morgan fingerprint density at radius 1 is 1.53 bits per heavy atom. The van der Waals surface area contributed by atoms with Gasteiger partial charge in [0.05, 0.1) is 5.92 Å². The van der Waals surface area contributed by atoms with Gasteiger partial charge in [0.25, 0.3) is 0 Å². The number of H-pyrrole nitrogens is 1. The first-order valence-electron chi connectivity index (χ1n) is 6.35. The molecule has 3 unspecified atom stereocenters. The van der Waals surface area contributed by atoms with Crippen LogP contribution in [0, 0.1) is 5.92 Å². The number of hydrogen-bond donors (Lipinski definition) is 3. The third-order valence-corrected chi connectivity index (χ3v) is 3.85. The lowest BCUT2D eigenvalue weighted by molar-refractivity contribution is -0.125. The lowest BCUT2D eigenvalue weighted by Crippen LogP contribution is -2.38. The van der Waals surface area contributed by atoms with Crippen LogP contribution >= 0.6 is 0 Å². The van der Waals surface area contributed by atoms with Crippen molar-refractivity contribution in [2.75, 3.05) is 6.54 Å². The maximum Gasteiger partial charge on any atom is 0.224 e. The molecule has 5 nitrogen and oxygen atoms in total. The summed E-state index contributed by atoms with van der Waals surface area (Å²) >= 11 is 0. The molecule has 2 aliphatic heterocycles. The molecule has 92 valence electrons. The van der Waals surface area contributed by atoms with Gasteiger partial charge in [-0.15, -0.1) is 0 Å². The number of amides is 1. The summed E-state index contributed by atoms with van der Waals surface area (Å²) < 4.78 is 0. The molecule has 0 aromatic carbocycles. The third-order valence-electron chi connectivity index (χ3n) is 3.85. The molecule has 3 atom stereocenters. The van der Waals surface area contributed by atoms with E-state index in [1.54, 1.807) is 12.4 Å². The molecule has 5 heteroatoms. The molecule has 2 fully saturated rings. The monoisotopic (exact) mass is 234 g/mol. The van der Waals surface area contributed by atoms with E-state index in [4.69, 9.17) is 0 Å². The number of nitrogens with one attached hydrogen (secondary N) is 3. The first kappa shape index (κ1) is 10.8. The normalized spacial score (nSPS) is 30.7. The quantitative estimate of drug-likeness (QED) is 0.697. The predicted octanol–water partition coefficient (Wildman–Crippen LogP) is 0.209. The fourth-order valence-corrected chi connectivity index (χ4v) is 2.98. The van der Waals surface area contributed by atoms with E-state index in [1.165, 1.54) is 6.42 Å². The van der Waals surface area contributed by atoms with Crippen molar-refractivity contribution in [1.29, 1.82) is 0 Å². The van der Waals surface area contributed by atoms with Gasteiger partial charge in [-0.3, -0.25) is 4.79 Å². The summed E-state index contributed by atoms with van der Waals surface area (Å²) in [5.74, 6) is 1.32. The van der Waals surface area contributed by atoms with Crippen LogP contribution in [-0.2, 0) is 11.2 Å². The summed E-state index contributed by atoms with van der Waals surface area (Å²) in [6, 6.07) is 1.00.